The molecular formula is C17H26N6O4. The number of hydrogen-bond acceptors (Lipinski definition) is 8. The van der Waals surface area contributed by atoms with E-state index in [1.807, 2.05) is 6.92 Å². The van der Waals surface area contributed by atoms with Crippen molar-refractivity contribution in [1.29, 1.82) is 0 Å². The maximum absolute atomic E-state index is 12.5. The molecule has 148 valence electrons. The summed E-state index contributed by atoms with van der Waals surface area (Å²) in [5.74, 6) is -0.378. The molecule has 0 radical (unpaired) electrons. The average Bonchev–Trinajstić information content (AvgIpc) is 3.22. The van der Waals surface area contributed by atoms with Crippen LogP contribution in [0.3, 0.4) is 0 Å². The Morgan fingerprint density at radius 3 is 2.96 bits per heavy atom. The van der Waals surface area contributed by atoms with Gasteiger partial charge in [0.2, 0.25) is 5.91 Å². The zero-order chi connectivity index (χ0) is 19.6. The molecule has 0 spiro atoms. The van der Waals surface area contributed by atoms with E-state index in [0.717, 1.165) is 12.8 Å². The topological polar surface area (TPSA) is 162 Å². The SMILES string of the molecule is CCCCC(N)C(=O)NC1[C@@H](O)[C@@H](CO)O[C@H]1n1cnc2c(N)ccnc21. The second-order valence-electron chi connectivity index (χ2n) is 6.75. The average molecular weight is 378 g/mol. The predicted octanol–water partition coefficient (Wildman–Crippen LogP) is -0.734. The van der Waals surface area contributed by atoms with Gasteiger partial charge in [-0.3, -0.25) is 9.36 Å². The Morgan fingerprint density at radius 1 is 1.48 bits per heavy atom. The summed E-state index contributed by atoms with van der Waals surface area (Å²) in [6.45, 7) is 1.62. The molecule has 10 nitrogen and oxygen atoms in total. The lowest BCUT2D eigenvalue weighted by atomic mass is 10.1. The summed E-state index contributed by atoms with van der Waals surface area (Å²) in [6, 6.07) is 0.134. The van der Waals surface area contributed by atoms with Crippen molar-refractivity contribution < 1.29 is 19.7 Å². The summed E-state index contributed by atoms with van der Waals surface area (Å²) in [5, 5.41) is 22.8. The molecule has 1 amide bonds. The number of amides is 1. The van der Waals surface area contributed by atoms with Crippen LogP contribution in [-0.2, 0) is 9.53 Å². The second-order valence-corrected chi connectivity index (χ2v) is 6.75. The number of anilines is 1. The third-order valence-electron chi connectivity index (χ3n) is 4.83. The molecule has 7 N–H and O–H groups in total. The Morgan fingerprint density at radius 2 is 2.26 bits per heavy atom. The number of aromatic nitrogens is 3. The van der Waals surface area contributed by atoms with Gasteiger partial charge in [-0.05, 0) is 12.5 Å². The van der Waals surface area contributed by atoms with E-state index >= 15 is 0 Å². The summed E-state index contributed by atoms with van der Waals surface area (Å²) in [4.78, 5) is 21.0. The van der Waals surface area contributed by atoms with Crippen molar-refractivity contribution in [3.63, 3.8) is 0 Å². The van der Waals surface area contributed by atoms with E-state index in [-0.39, 0.29) is 5.91 Å². The minimum absolute atomic E-state index is 0.378. The first-order valence-electron chi connectivity index (χ1n) is 9.05. The van der Waals surface area contributed by atoms with Gasteiger partial charge >= 0.3 is 0 Å². The molecule has 1 fully saturated rings. The van der Waals surface area contributed by atoms with Crippen molar-refractivity contribution in [1.82, 2.24) is 19.9 Å². The zero-order valence-corrected chi connectivity index (χ0v) is 15.2. The fourth-order valence-corrected chi connectivity index (χ4v) is 3.26. The molecule has 1 aliphatic rings. The van der Waals surface area contributed by atoms with Gasteiger partial charge in [-0.2, -0.15) is 0 Å². The van der Waals surface area contributed by atoms with E-state index in [0.29, 0.717) is 23.3 Å². The third kappa shape index (κ3) is 3.74. The minimum atomic E-state index is -1.11. The molecule has 3 rings (SSSR count). The van der Waals surface area contributed by atoms with Crippen LogP contribution >= 0.6 is 0 Å². The number of carbonyl (C=O) groups is 1. The first kappa shape index (κ1) is 19.5. The maximum Gasteiger partial charge on any atom is 0.237 e. The fraction of sp³-hybridized carbons (Fsp3) is 0.588. The highest BCUT2D eigenvalue weighted by Gasteiger charge is 2.46. The van der Waals surface area contributed by atoms with Crippen molar-refractivity contribution in [3.05, 3.63) is 18.6 Å². The van der Waals surface area contributed by atoms with Crippen molar-refractivity contribution in [2.75, 3.05) is 12.3 Å². The zero-order valence-electron chi connectivity index (χ0n) is 15.2. The summed E-state index contributed by atoms with van der Waals surface area (Å²) < 4.78 is 7.37. The van der Waals surface area contributed by atoms with Gasteiger partial charge in [0.15, 0.2) is 11.9 Å². The number of nitrogen functional groups attached to an aromatic ring is 1. The van der Waals surface area contributed by atoms with Gasteiger partial charge < -0.3 is 31.7 Å². The van der Waals surface area contributed by atoms with Gasteiger partial charge in [-0.15, -0.1) is 0 Å². The van der Waals surface area contributed by atoms with Gasteiger partial charge in [0.05, 0.1) is 24.7 Å². The Labute approximate surface area is 156 Å². The van der Waals surface area contributed by atoms with Crippen LogP contribution in [0.4, 0.5) is 5.69 Å². The summed E-state index contributed by atoms with van der Waals surface area (Å²) >= 11 is 0. The first-order chi connectivity index (χ1) is 13.0. The standard InChI is InChI=1S/C17H26N6O4/c1-2-3-4-10(19)16(26)22-13-14(25)11(7-24)27-17(13)23-8-21-12-9(18)5-6-20-15(12)23/h5-6,8,10-11,13-14,17,24-25H,2-4,7,19H2,1H3,(H2,18,20)(H,22,26)/t10?,11-,13?,14+,17-/m1/s1. The van der Waals surface area contributed by atoms with Crippen molar-refractivity contribution in [2.24, 2.45) is 5.73 Å². The quantitative estimate of drug-likeness (QED) is 0.421. The van der Waals surface area contributed by atoms with E-state index in [2.05, 4.69) is 15.3 Å². The van der Waals surface area contributed by atoms with Crippen LogP contribution in [0.5, 0.6) is 0 Å². The molecule has 0 aliphatic carbocycles. The molecule has 10 heteroatoms. The molecule has 1 aliphatic heterocycles. The third-order valence-corrected chi connectivity index (χ3v) is 4.83. The number of aliphatic hydroxyl groups is 2. The van der Waals surface area contributed by atoms with Crippen LogP contribution in [-0.4, -0.2) is 61.6 Å². The molecule has 2 aromatic heterocycles. The van der Waals surface area contributed by atoms with E-state index < -0.39 is 37.1 Å². The van der Waals surface area contributed by atoms with Crippen LogP contribution in [0.2, 0.25) is 0 Å². The Balaban J connectivity index is 1.87. The summed E-state index contributed by atoms with van der Waals surface area (Å²) in [7, 11) is 0. The fourth-order valence-electron chi connectivity index (χ4n) is 3.26. The van der Waals surface area contributed by atoms with Crippen LogP contribution in [0, 0.1) is 0 Å². The van der Waals surface area contributed by atoms with Crippen molar-refractivity contribution in [3.8, 4) is 0 Å². The Bertz CT molecular complexity index is 797. The highest BCUT2D eigenvalue weighted by atomic mass is 16.5. The number of nitrogens with two attached hydrogens (primary N) is 2. The molecule has 0 aromatic carbocycles. The number of ether oxygens (including phenoxy) is 1. The second kappa shape index (κ2) is 8.17. The van der Waals surface area contributed by atoms with Gasteiger partial charge in [0.1, 0.15) is 23.8 Å². The molecule has 2 unspecified atom stereocenters. The number of aliphatic hydroxyl groups excluding tert-OH is 2. The van der Waals surface area contributed by atoms with Crippen molar-refractivity contribution in [2.45, 2.75) is 56.7 Å². The van der Waals surface area contributed by atoms with Crippen LogP contribution in [0.25, 0.3) is 11.2 Å². The number of rotatable bonds is 7. The maximum atomic E-state index is 12.5. The number of unbranched alkanes of at least 4 members (excludes halogenated alkanes) is 1. The minimum Gasteiger partial charge on any atom is -0.397 e. The number of nitrogens with zero attached hydrogens (tertiary/aromatic N) is 3. The van der Waals surface area contributed by atoms with Crippen LogP contribution in [0.1, 0.15) is 32.4 Å². The highest BCUT2D eigenvalue weighted by molar-refractivity contribution is 5.84. The van der Waals surface area contributed by atoms with Gasteiger partial charge in [0, 0.05) is 6.20 Å². The highest BCUT2D eigenvalue weighted by Crippen LogP contribution is 2.32. The Kier molecular flexibility index (Phi) is 5.90. The van der Waals surface area contributed by atoms with Crippen molar-refractivity contribution >= 4 is 22.8 Å². The number of fused-ring (bicyclic) bond motifs is 1. The molecule has 1 saturated heterocycles. The smallest absolute Gasteiger partial charge is 0.237 e. The number of imidazole rings is 1. The van der Waals surface area contributed by atoms with E-state index in [1.54, 1.807) is 16.8 Å². The normalized spacial score (nSPS) is 26.4. The molecule has 3 heterocycles. The lowest BCUT2D eigenvalue weighted by Crippen LogP contribution is -2.51. The summed E-state index contributed by atoms with van der Waals surface area (Å²) in [6.07, 6.45) is 2.56. The van der Waals surface area contributed by atoms with Crippen LogP contribution in [0.15, 0.2) is 18.6 Å². The van der Waals surface area contributed by atoms with Gasteiger partial charge in [-0.1, -0.05) is 19.8 Å². The lowest BCUT2D eigenvalue weighted by molar-refractivity contribution is -0.124. The predicted molar refractivity (Wildman–Crippen MR) is 98.4 cm³/mol. The van der Waals surface area contributed by atoms with Crippen LogP contribution < -0.4 is 16.8 Å². The van der Waals surface area contributed by atoms with E-state index in [9.17, 15) is 15.0 Å². The van der Waals surface area contributed by atoms with Gasteiger partial charge in [0.25, 0.3) is 0 Å². The molecule has 0 saturated carbocycles. The molecule has 0 bridgehead atoms. The first-order valence-corrected chi connectivity index (χ1v) is 9.05. The van der Waals surface area contributed by atoms with E-state index in [1.165, 1.54) is 6.33 Å². The molecular weight excluding hydrogens is 352 g/mol. The number of pyridine rings is 1. The van der Waals surface area contributed by atoms with Gasteiger partial charge in [-0.25, -0.2) is 9.97 Å². The number of nitrogens with one attached hydrogen (secondary N) is 1. The Hall–Kier alpha value is -2.27. The number of hydrogen-bond donors (Lipinski definition) is 5. The molecule has 27 heavy (non-hydrogen) atoms. The number of carbonyl (C=O) groups excluding carboxylic acids is 1. The largest absolute Gasteiger partial charge is 0.397 e. The molecule has 2 aromatic rings. The monoisotopic (exact) mass is 378 g/mol. The lowest BCUT2D eigenvalue weighted by Gasteiger charge is -2.24. The summed E-state index contributed by atoms with van der Waals surface area (Å²) in [5.41, 5.74) is 13.3. The van der Waals surface area contributed by atoms with E-state index in [4.69, 9.17) is 16.2 Å². The molecule has 5 atom stereocenters.